The van der Waals surface area contributed by atoms with E-state index in [-0.39, 0.29) is 16.7 Å². The number of rotatable bonds is 1. The molecule has 0 radical (unpaired) electrons. The summed E-state index contributed by atoms with van der Waals surface area (Å²) < 4.78 is 0. The van der Waals surface area contributed by atoms with Crippen molar-refractivity contribution in [1.82, 2.24) is 0 Å². The van der Waals surface area contributed by atoms with Crippen molar-refractivity contribution < 1.29 is 5.11 Å². The predicted octanol–water partition coefficient (Wildman–Crippen LogP) is 1.08. The Balaban J connectivity index is 3.58. The fourth-order valence-corrected chi connectivity index (χ4v) is 1.13. The van der Waals surface area contributed by atoms with Gasteiger partial charge in [-0.2, -0.15) is 15.8 Å². The molecule has 1 aromatic carbocycles. The van der Waals surface area contributed by atoms with E-state index in [0.717, 1.165) is 12.1 Å². The van der Waals surface area contributed by atoms with Crippen LogP contribution < -0.4 is 5.43 Å². The highest BCUT2D eigenvalue weighted by Crippen LogP contribution is 2.17. The van der Waals surface area contributed by atoms with Gasteiger partial charge in [0.05, 0.1) is 5.57 Å². The average Bonchev–Trinajstić information content (AvgIpc) is 2.50. The van der Waals surface area contributed by atoms with Gasteiger partial charge in [-0.05, 0) is 29.8 Å². The molecule has 0 bridgehead atoms. The van der Waals surface area contributed by atoms with Crippen molar-refractivity contribution in [2.75, 3.05) is 0 Å². The van der Waals surface area contributed by atoms with Crippen LogP contribution in [0.1, 0.15) is 5.56 Å². The monoisotopic (exact) mass is 223 g/mol. The van der Waals surface area contributed by atoms with Gasteiger partial charge in [-0.3, -0.25) is 4.79 Å². The summed E-state index contributed by atoms with van der Waals surface area (Å²) in [5.41, 5.74) is -0.859. The third-order valence-electron chi connectivity index (χ3n) is 1.96. The lowest BCUT2D eigenvalue weighted by molar-refractivity contribution is 0.471. The van der Waals surface area contributed by atoms with Crippen LogP contribution in [0.5, 0.6) is 5.75 Å². The molecular weight excluding hydrogens is 218 g/mol. The molecule has 0 saturated heterocycles. The van der Waals surface area contributed by atoms with E-state index in [2.05, 4.69) is 0 Å². The van der Waals surface area contributed by atoms with Crippen LogP contribution in [0.2, 0.25) is 0 Å². The Morgan fingerprint density at radius 3 is 2.12 bits per heavy atom. The van der Waals surface area contributed by atoms with Crippen molar-refractivity contribution >= 4 is 5.57 Å². The molecule has 0 aromatic heterocycles. The van der Waals surface area contributed by atoms with E-state index in [1.807, 2.05) is 0 Å². The molecule has 80 valence electrons. The van der Waals surface area contributed by atoms with Crippen LogP contribution in [0.4, 0.5) is 0 Å². The van der Waals surface area contributed by atoms with Crippen LogP contribution in [0.3, 0.4) is 0 Å². The zero-order valence-electron chi connectivity index (χ0n) is 8.51. The van der Waals surface area contributed by atoms with Gasteiger partial charge in [-0.1, -0.05) is 0 Å². The topological polar surface area (TPSA) is 109 Å². The molecule has 0 aliphatic carbocycles. The van der Waals surface area contributed by atoms with Crippen molar-refractivity contribution in [2.24, 2.45) is 0 Å². The second kappa shape index (κ2) is 5.11. The van der Waals surface area contributed by atoms with E-state index in [9.17, 15) is 4.79 Å². The molecule has 0 aliphatic heterocycles. The summed E-state index contributed by atoms with van der Waals surface area (Å²) in [6, 6.07) is 9.66. The zero-order valence-corrected chi connectivity index (χ0v) is 8.51. The molecule has 0 unspecified atom stereocenters. The van der Waals surface area contributed by atoms with Crippen LogP contribution in [0.15, 0.2) is 34.6 Å². The molecule has 0 aliphatic rings. The summed E-state index contributed by atoms with van der Waals surface area (Å²) >= 11 is 0. The number of allylic oxidation sites excluding steroid dienone is 2. The van der Waals surface area contributed by atoms with E-state index in [4.69, 9.17) is 20.9 Å². The molecule has 0 atom stereocenters. The molecule has 0 saturated carbocycles. The Kier molecular flexibility index (Phi) is 3.60. The number of nitrogens with zero attached hydrogens (tertiary/aromatic N) is 3. The zero-order chi connectivity index (χ0) is 12.8. The summed E-state index contributed by atoms with van der Waals surface area (Å²) in [5.74, 6) is -0.469. The third kappa shape index (κ3) is 2.47. The standard InChI is InChI=1S/C12H5N3O2/c13-5-9(6-14)10(7-15)8-1-3-11(16)12(17)4-2-8/h1-4H,(H,16,17). The van der Waals surface area contributed by atoms with Crippen LogP contribution in [0.25, 0.3) is 5.57 Å². The smallest absolute Gasteiger partial charge is 0.220 e. The van der Waals surface area contributed by atoms with Crippen LogP contribution in [0, 0.1) is 34.0 Å². The van der Waals surface area contributed by atoms with Crippen molar-refractivity contribution in [3.8, 4) is 24.0 Å². The SMILES string of the molecule is N#CC(C#N)=C(C#N)c1ccc(O)c(=O)cc1. The summed E-state index contributed by atoms with van der Waals surface area (Å²) in [6.45, 7) is 0. The highest BCUT2D eigenvalue weighted by atomic mass is 16.3. The lowest BCUT2D eigenvalue weighted by Gasteiger charge is -1.93. The molecular formula is C12H5N3O2. The normalized spacial score (nSPS) is 8.29. The van der Waals surface area contributed by atoms with Gasteiger partial charge in [0.2, 0.25) is 5.43 Å². The first kappa shape index (κ1) is 12.0. The number of nitriles is 3. The molecule has 0 spiro atoms. The first-order valence-electron chi connectivity index (χ1n) is 4.42. The maximum Gasteiger partial charge on any atom is 0.220 e. The Bertz CT molecular complexity index is 654. The second-order valence-corrected chi connectivity index (χ2v) is 2.96. The van der Waals surface area contributed by atoms with Crippen molar-refractivity contribution in [3.05, 3.63) is 45.6 Å². The van der Waals surface area contributed by atoms with Gasteiger partial charge in [0, 0.05) is 0 Å². The molecule has 1 N–H and O–H groups in total. The van der Waals surface area contributed by atoms with Crippen LogP contribution in [-0.2, 0) is 0 Å². The van der Waals surface area contributed by atoms with E-state index >= 15 is 0 Å². The maximum atomic E-state index is 11.1. The third-order valence-corrected chi connectivity index (χ3v) is 1.96. The largest absolute Gasteiger partial charge is 0.504 e. The summed E-state index contributed by atoms with van der Waals surface area (Å²) in [7, 11) is 0. The van der Waals surface area contributed by atoms with E-state index in [1.54, 1.807) is 18.2 Å². The van der Waals surface area contributed by atoms with Crippen LogP contribution in [-0.4, -0.2) is 5.11 Å². The fraction of sp³-hybridized carbons (Fsp3) is 0. The van der Waals surface area contributed by atoms with Gasteiger partial charge >= 0.3 is 0 Å². The van der Waals surface area contributed by atoms with Gasteiger partial charge in [-0.15, -0.1) is 0 Å². The fourth-order valence-electron chi connectivity index (χ4n) is 1.13. The molecule has 0 fully saturated rings. The minimum absolute atomic E-state index is 0.134. The summed E-state index contributed by atoms with van der Waals surface area (Å²) in [6.07, 6.45) is 0. The summed E-state index contributed by atoms with van der Waals surface area (Å²) in [4.78, 5) is 11.1. The Morgan fingerprint density at radius 1 is 1.00 bits per heavy atom. The van der Waals surface area contributed by atoms with Gasteiger partial charge < -0.3 is 5.11 Å². The Hall–Kier alpha value is -3.10. The number of aromatic hydroxyl groups is 1. The molecule has 1 aromatic rings. The number of hydrogen-bond donors (Lipinski definition) is 1. The van der Waals surface area contributed by atoms with E-state index < -0.39 is 11.2 Å². The van der Waals surface area contributed by atoms with E-state index in [0.29, 0.717) is 0 Å². The van der Waals surface area contributed by atoms with Gasteiger partial charge in [0.25, 0.3) is 0 Å². The maximum absolute atomic E-state index is 11.1. The van der Waals surface area contributed by atoms with Gasteiger partial charge in [0.1, 0.15) is 23.8 Å². The van der Waals surface area contributed by atoms with E-state index in [1.165, 1.54) is 12.1 Å². The lowest BCUT2D eigenvalue weighted by atomic mass is 10.0. The van der Waals surface area contributed by atoms with Crippen LogP contribution >= 0.6 is 0 Å². The average molecular weight is 223 g/mol. The lowest BCUT2D eigenvalue weighted by Crippen LogP contribution is -1.91. The molecule has 0 amide bonds. The number of hydrogen-bond acceptors (Lipinski definition) is 5. The predicted molar refractivity (Wildman–Crippen MR) is 58.1 cm³/mol. The van der Waals surface area contributed by atoms with Crippen molar-refractivity contribution in [3.63, 3.8) is 0 Å². The first-order valence-corrected chi connectivity index (χ1v) is 4.42. The molecule has 0 heterocycles. The minimum Gasteiger partial charge on any atom is -0.504 e. The van der Waals surface area contributed by atoms with Crippen molar-refractivity contribution in [2.45, 2.75) is 0 Å². The Labute approximate surface area is 96.7 Å². The molecule has 1 rings (SSSR count). The highest BCUT2D eigenvalue weighted by molar-refractivity contribution is 5.84. The second-order valence-electron chi connectivity index (χ2n) is 2.96. The minimum atomic E-state index is -0.607. The van der Waals surface area contributed by atoms with Gasteiger partial charge in [-0.25, -0.2) is 0 Å². The molecule has 17 heavy (non-hydrogen) atoms. The summed E-state index contributed by atoms with van der Waals surface area (Å²) in [5, 5.41) is 35.4. The molecule has 5 heteroatoms. The Morgan fingerprint density at radius 2 is 1.59 bits per heavy atom. The molecule has 5 nitrogen and oxygen atoms in total. The van der Waals surface area contributed by atoms with Gasteiger partial charge in [0.15, 0.2) is 5.75 Å². The first-order chi connectivity index (χ1) is 8.13. The highest BCUT2D eigenvalue weighted by Gasteiger charge is 2.08. The quantitative estimate of drug-likeness (QED) is 0.716. The van der Waals surface area contributed by atoms with Crippen molar-refractivity contribution in [1.29, 1.82) is 15.8 Å².